The zero-order valence-corrected chi connectivity index (χ0v) is 9.10. The lowest BCUT2D eigenvalue weighted by molar-refractivity contribution is -0.157. The van der Waals surface area contributed by atoms with Crippen molar-refractivity contribution in [3.8, 4) is 0 Å². The van der Waals surface area contributed by atoms with E-state index < -0.39 is 5.41 Å². The summed E-state index contributed by atoms with van der Waals surface area (Å²) in [6, 6.07) is 0. The van der Waals surface area contributed by atoms with Crippen molar-refractivity contribution in [3.63, 3.8) is 0 Å². The maximum Gasteiger partial charge on any atom is 0.319 e. The van der Waals surface area contributed by atoms with E-state index >= 15 is 0 Å². The van der Waals surface area contributed by atoms with Gasteiger partial charge in [0.1, 0.15) is 11.2 Å². The second kappa shape index (κ2) is 4.78. The van der Waals surface area contributed by atoms with E-state index in [1.54, 1.807) is 0 Å². The maximum absolute atomic E-state index is 11.7. The first-order chi connectivity index (χ1) is 6.67. The van der Waals surface area contributed by atoms with Gasteiger partial charge in [-0.1, -0.05) is 0 Å². The van der Waals surface area contributed by atoms with E-state index in [0.29, 0.717) is 31.6 Å². The molecule has 4 heteroatoms. The topological polar surface area (TPSA) is 43.4 Å². The first-order valence-electron chi connectivity index (χ1n) is 4.85. The molecular formula is C10H15ClO3. The summed E-state index contributed by atoms with van der Waals surface area (Å²) in [5.41, 5.74) is -0.871. The second-order valence-corrected chi connectivity index (χ2v) is 4.02. The minimum absolute atomic E-state index is 0.0227. The third-order valence-corrected chi connectivity index (χ3v) is 3.12. The molecule has 0 aromatic carbocycles. The van der Waals surface area contributed by atoms with Crippen LogP contribution in [0.4, 0.5) is 0 Å². The van der Waals surface area contributed by atoms with Gasteiger partial charge in [-0.15, -0.1) is 11.6 Å². The predicted octanol–water partition coefficient (Wildman–Crippen LogP) is 1.92. The Labute approximate surface area is 88.8 Å². The summed E-state index contributed by atoms with van der Waals surface area (Å²) in [6.45, 7) is 0. The van der Waals surface area contributed by atoms with Gasteiger partial charge < -0.3 is 4.74 Å². The van der Waals surface area contributed by atoms with Gasteiger partial charge in [-0.3, -0.25) is 9.59 Å². The molecule has 0 N–H and O–H groups in total. The van der Waals surface area contributed by atoms with Gasteiger partial charge in [0.05, 0.1) is 7.11 Å². The predicted molar refractivity (Wildman–Crippen MR) is 53.3 cm³/mol. The molecule has 1 saturated carbocycles. The molecule has 0 bridgehead atoms. The number of esters is 1. The zero-order chi connectivity index (χ0) is 10.6. The van der Waals surface area contributed by atoms with Gasteiger partial charge in [0.15, 0.2) is 0 Å². The van der Waals surface area contributed by atoms with E-state index in [9.17, 15) is 9.59 Å². The van der Waals surface area contributed by atoms with Gasteiger partial charge in [-0.25, -0.2) is 0 Å². The summed E-state index contributed by atoms with van der Waals surface area (Å²) in [4.78, 5) is 23.2. The van der Waals surface area contributed by atoms with E-state index in [2.05, 4.69) is 0 Å². The van der Waals surface area contributed by atoms with Gasteiger partial charge >= 0.3 is 5.97 Å². The Balaban J connectivity index is 2.78. The molecular weight excluding hydrogens is 204 g/mol. The number of carbonyl (C=O) groups excluding carboxylic acids is 2. The summed E-state index contributed by atoms with van der Waals surface area (Å²) in [5.74, 6) is 0.117. The summed E-state index contributed by atoms with van der Waals surface area (Å²) in [6.07, 6.45) is 3.12. The largest absolute Gasteiger partial charge is 0.468 e. The molecule has 1 atom stereocenters. The molecule has 0 heterocycles. The molecule has 1 rings (SSSR count). The lowest BCUT2D eigenvalue weighted by Crippen LogP contribution is -2.36. The van der Waals surface area contributed by atoms with Crippen LogP contribution in [0.5, 0.6) is 0 Å². The molecule has 0 aromatic heterocycles. The molecule has 3 nitrogen and oxygen atoms in total. The fourth-order valence-corrected chi connectivity index (χ4v) is 2.21. The molecule has 80 valence electrons. The highest BCUT2D eigenvalue weighted by atomic mass is 35.5. The van der Waals surface area contributed by atoms with Crippen LogP contribution in [0, 0.1) is 5.41 Å². The third-order valence-electron chi connectivity index (χ3n) is 2.85. The first-order valence-corrected chi connectivity index (χ1v) is 5.38. The summed E-state index contributed by atoms with van der Waals surface area (Å²) >= 11 is 5.57. The zero-order valence-electron chi connectivity index (χ0n) is 8.35. The number of alkyl halides is 1. The van der Waals surface area contributed by atoms with Crippen molar-refractivity contribution in [1.29, 1.82) is 0 Å². The SMILES string of the molecule is COC(=O)C1(CCCCl)CCCC1=O. The third kappa shape index (κ3) is 1.92. The number of Topliss-reactive ketones (excluding diaryl/α,β-unsaturated/α-hetero) is 1. The minimum Gasteiger partial charge on any atom is -0.468 e. The molecule has 0 amide bonds. The van der Waals surface area contributed by atoms with Gasteiger partial charge in [0.2, 0.25) is 0 Å². The monoisotopic (exact) mass is 218 g/mol. The van der Waals surface area contributed by atoms with Crippen LogP contribution in [0.2, 0.25) is 0 Å². The number of carbonyl (C=O) groups is 2. The van der Waals surface area contributed by atoms with Crippen LogP contribution in [-0.2, 0) is 14.3 Å². The van der Waals surface area contributed by atoms with E-state index in [4.69, 9.17) is 16.3 Å². The number of halogens is 1. The standard InChI is InChI=1S/C10H15ClO3/c1-14-9(13)10(6-3-7-11)5-2-4-8(10)12/h2-7H2,1H3. The van der Waals surface area contributed by atoms with E-state index in [1.165, 1.54) is 7.11 Å². The summed E-state index contributed by atoms with van der Waals surface area (Å²) < 4.78 is 4.70. The van der Waals surface area contributed by atoms with Crippen molar-refractivity contribution in [3.05, 3.63) is 0 Å². The van der Waals surface area contributed by atoms with Gasteiger partial charge in [0, 0.05) is 12.3 Å². The molecule has 1 unspecified atom stereocenters. The fraction of sp³-hybridized carbons (Fsp3) is 0.800. The van der Waals surface area contributed by atoms with Crippen LogP contribution < -0.4 is 0 Å². The highest BCUT2D eigenvalue weighted by Crippen LogP contribution is 2.40. The number of hydrogen-bond acceptors (Lipinski definition) is 3. The van der Waals surface area contributed by atoms with Crippen molar-refractivity contribution in [1.82, 2.24) is 0 Å². The molecule has 1 aliphatic rings. The van der Waals surface area contributed by atoms with Crippen LogP contribution in [0.25, 0.3) is 0 Å². The normalized spacial score (nSPS) is 26.6. The van der Waals surface area contributed by atoms with E-state index in [-0.39, 0.29) is 11.8 Å². The Kier molecular flexibility index (Phi) is 3.93. The van der Waals surface area contributed by atoms with Crippen LogP contribution in [0.3, 0.4) is 0 Å². The van der Waals surface area contributed by atoms with Crippen molar-refractivity contribution in [2.24, 2.45) is 5.41 Å². The summed E-state index contributed by atoms with van der Waals surface area (Å²) in [7, 11) is 1.33. The average Bonchev–Trinajstić information content (AvgIpc) is 2.57. The van der Waals surface area contributed by atoms with Gasteiger partial charge in [-0.05, 0) is 25.7 Å². The first kappa shape index (κ1) is 11.5. The van der Waals surface area contributed by atoms with Crippen LogP contribution >= 0.6 is 11.6 Å². The number of ether oxygens (including phenoxy) is 1. The Morgan fingerprint density at radius 1 is 1.64 bits per heavy atom. The Morgan fingerprint density at radius 2 is 2.36 bits per heavy atom. The molecule has 0 spiro atoms. The van der Waals surface area contributed by atoms with Crippen molar-refractivity contribution >= 4 is 23.4 Å². The molecule has 0 aliphatic heterocycles. The Bertz CT molecular complexity index is 240. The second-order valence-electron chi connectivity index (χ2n) is 3.64. The highest BCUT2D eigenvalue weighted by Gasteiger charge is 2.48. The number of hydrogen-bond donors (Lipinski definition) is 0. The lowest BCUT2D eigenvalue weighted by atomic mass is 9.81. The fourth-order valence-electron chi connectivity index (χ4n) is 2.08. The Morgan fingerprint density at radius 3 is 2.79 bits per heavy atom. The van der Waals surface area contributed by atoms with Crippen molar-refractivity contribution in [2.45, 2.75) is 32.1 Å². The quantitative estimate of drug-likeness (QED) is 0.411. The molecule has 1 aliphatic carbocycles. The van der Waals surface area contributed by atoms with Crippen LogP contribution in [0.1, 0.15) is 32.1 Å². The Hall–Kier alpha value is -0.570. The molecule has 0 radical (unpaired) electrons. The lowest BCUT2D eigenvalue weighted by Gasteiger charge is -2.23. The molecule has 1 fully saturated rings. The molecule has 0 saturated heterocycles. The summed E-state index contributed by atoms with van der Waals surface area (Å²) in [5, 5.41) is 0. The van der Waals surface area contributed by atoms with Crippen molar-refractivity contribution in [2.75, 3.05) is 13.0 Å². The van der Waals surface area contributed by atoms with Crippen LogP contribution in [0.15, 0.2) is 0 Å². The van der Waals surface area contributed by atoms with Gasteiger partial charge in [-0.2, -0.15) is 0 Å². The maximum atomic E-state index is 11.7. The molecule has 14 heavy (non-hydrogen) atoms. The van der Waals surface area contributed by atoms with Crippen LogP contribution in [-0.4, -0.2) is 24.7 Å². The average molecular weight is 219 g/mol. The number of ketones is 1. The van der Waals surface area contributed by atoms with E-state index in [0.717, 1.165) is 6.42 Å². The smallest absolute Gasteiger partial charge is 0.319 e. The molecule has 0 aromatic rings. The number of rotatable bonds is 4. The van der Waals surface area contributed by atoms with Gasteiger partial charge in [0.25, 0.3) is 0 Å². The van der Waals surface area contributed by atoms with Crippen molar-refractivity contribution < 1.29 is 14.3 Å². The van der Waals surface area contributed by atoms with E-state index in [1.807, 2.05) is 0 Å². The minimum atomic E-state index is -0.871. The highest BCUT2D eigenvalue weighted by molar-refractivity contribution is 6.17. The number of methoxy groups -OCH3 is 1.